The van der Waals surface area contributed by atoms with Gasteiger partial charge in [0.15, 0.2) is 0 Å². The molecule has 0 amide bonds. The molecule has 0 unspecified atom stereocenters. The molecule has 1 fully saturated rings. The van der Waals surface area contributed by atoms with Crippen LogP contribution in [0.4, 0.5) is 0 Å². The van der Waals surface area contributed by atoms with Crippen molar-refractivity contribution in [2.24, 2.45) is 0 Å². The zero-order valence-corrected chi connectivity index (χ0v) is 16.3. The molecule has 5 heteroatoms. The van der Waals surface area contributed by atoms with Gasteiger partial charge in [-0.3, -0.25) is 9.80 Å². The van der Waals surface area contributed by atoms with Gasteiger partial charge in [0, 0.05) is 55.8 Å². The van der Waals surface area contributed by atoms with Crippen LogP contribution in [0.15, 0.2) is 64.6 Å². The molecule has 3 heterocycles. The third kappa shape index (κ3) is 4.50. The number of thiophene rings is 1. The van der Waals surface area contributed by atoms with Gasteiger partial charge in [-0.25, -0.2) is 0 Å². The minimum Gasteiger partial charge on any atom is -0.464 e. The molecule has 1 N–H and O–H groups in total. The first kappa shape index (κ1) is 18.4. The van der Waals surface area contributed by atoms with Crippen molar-refractivity contribution < 1.29 is 9.52 Å². The second-order valence-corrected chi connectivity index (χ2v) is 8.12. The van der Waals surface area contributed by atoms with E-state index in [0.29, 0.717) is 6.04 Å². The summed E-state index contributed by atoms with van der Waals surface area (Å²) in [5.41, 5.74) is 2.46. The fourth-order valence-corrected chi connectivity index (χ4v) is 4.64. The van der Waals surface area contributed by atoms with Gasteiger partial charge in [0.2, 0.25) is 0 Å². The third-order valence-corrected chi connectivity index (χ3v) is 6.15. The summed E-state index contributed by atoms with van der Waals surface area (Å²) in [5.74, 6) is 0.925. The number of benzene rings is 1. The molecule has 1 aliphatic heterocycles. The number of aliphatic hydroxyl groups excluding tert-OH is 1. The summed E-state index contributed by atoms with van der Waals surface area (Å²) in [5, 5.41) is 11.7. The molecule has 0 saturated carbocycles. The summed E-state index contributed by atoms with van der Waals surface area (Å²) in [7, 11) is 0. The molecular formula is C22H26N2O2S. The van der Waals surface area contributed by atoms with Crippen molar-refractivity contribution in [3.05, 3.63) is 70.6 Å². The minimum absolute atomic E-state index is 0.239. The number of piperazine rings is 1. The van der Waals surface area contributed by atoms with E-state index >= 15 is 0 Å². The molecule has 3 aromatic rings. The topological polar surface area (TPSA) is 39.9 Å². The van der Waals surface area contributed by atoms with Gasteiger partial charge >= 0.3 is 0 Å². The van der Waals surface area contributed by atoms with E-state index in [-0.39, 0.29) is 6.61 Å². The lowest BCUT2D eigenvalue weighted by atomic mass is 10.0. The minimum atomic E-state index is 0.239. The lowest BCUT2D eigenvalue weighted by Crippen LogP contribution is -2.52. The highest BCUT2D eigenvalue weighted by Gasteiger charge is 2.27. The summed E-state index contributed by atoms with van der Waals surface area (Å²) >= 11 is 1.81. The molecule has 1 saturated heterocycles. The van der Waals surface area contributed by atoms with E-state index in [2.05, 4.69) is 51.6 Å². The van der Waals surface area contributed by atoms with Gasteiger partial charge in [0.1, 0.15) is 5.76 Å². The van der Waals surface area contributed by atoms with Crippen molar-refractivity contribution in [2.45, 2.75) is 25.6 Å². The fourth-order valence-electron chi connectivity index (χ4n) is 3.91. The second-order valence-electron chi connectivity index (χ2n) is 7.09. The third-order valence-electron chi connectivity index (χ3n) is 5.29. The number of hydrogen-bond donors (Lipinski definition) is 1. The molecule has 0 radical (unpaired) electrons. The molecule has 27 heavy (non-hydrogen) atoms. The molecule has 4 rings (SSSR count). The van der Waals surface area contributed by atoms with E-state index < -0.39 is 0 Å². The molecule has 4 nitrogen and oxygen atoms in total. The van der Waals surface area contributed by atoms with Crippen LogP contribution in [0, 0.1) is 0 Å². The van der Waals surface area contributed by atoms with Crippen molar-refractivity contribution in [1.82, 2.24) is 9.80 Å². The average Bonchev–Trinajstić information content (AvgIpc) is 3.39. The van der Waals surface area contributed by atoms with E-state index in [4.69, 9.17) is 4.42 Å². The fraction of sp³-hybridized carbons (Fsp3) is 0.364. The zero-order chi connectivity index (χ0) is 18.5. The smallest absolute Gasteiger partial charge is 0.134 e. The Kier molecular flexibility index (Phi) is 6.04. The first-order valence-electron chi connectivity index (χ1n) is 9.55. The zero-order valence-electron chi connectivity index (χ0n) is 15.5. The number of hydrogen-bond acceptors (Lipinski definition) is 5. The molecular weight excluding hydrogens is 356 g/mol. The molecule has 0 aliphatic carbocycles. The Morgan fingerprint density at radius 1 is 1.04 bits per heavy atom. The van der Waals surface area contributed by atoms with Crippen LogP contribution in [0.5, 0.6) is 0 Å². The van der Waals surface area contributed by atoms with Crippen molar-refractivity contribution in [3.63, 3.8) is 0 Å². The maximum absolute atomic E-state index is 9.55. The lowest BCUT2D eigenvalue weighted by molar-refractivity contribution is 0.0507. The Morgan fingerprint density at radius 3 is 2.74 bits per heavy atom. The molecule has 1 aliphatic rings. The Hall–Kier alpha value is -1.92. The van der Waals surface area contributed by atoms with Crippen LogP contribution >= 0.6 is 11.3 Å². The van der Waals surface area contributed by atoms with Gasteiger partial charge in [-0.05, 0) is 35.6 Å². The van der Waals surface area contributed by atoms with Gasteiger partial charge in [-0.15, -0.1) is 11.3 Å². The molecule has 0 bridgehead atoms. The van der Waals surface area contributed by atoms with Crippen molar-refractivity contribution in [1.29, 1.82) is 0 Å². The highest BCUT2D eigenvalue weighted by atomic mass is 32.1. The van der Waals surface area contributed by atoms with E-state index in [9.17, 15) is 5.11 Å². The van der Waals surface area contributed by atoms with E-state index in [1.807, 2.05) is 23.5 Å². The Balaban J connectivity index is 1.45. The van der Waals surface area contributed by atoms with Gasteiger partial charge in [0.25, 0.3) is 0 Å². The Labute approximate surface area is 164 Å². The SMILES string of the molecule is OCC[C@@H]1CN(Cc2ccccc2-c2ccco2)CCN1Cc1cccs1. The summed E-state index contributed by atoms with van der Waals surface area (Å²) in [6, 6.07) is 17.1. The van der Waals surface area contributed by atoms with Crippen molar-refractivity contribution in [3.8, 4) is 11.3 Å². The van der Waals surface area contributed by atoms with Crippen molar-refractivity contribution in [2.75, 3.05) is 26.2 Å². The van der Waals surface area contributed by atoms with Gasteiger partial charge in [-0.2, -0.15) is 0 Å². The standard InChI is InChI=1S/C22H26N2O2S/c25-12-9-19-16-23(10-11-24(19)17-20-6-4-14-27-20)15-18-5-1-2-7-21(18)22-8-3-13-26-22/h1-8,13-14,19,25H,9-12,15-17H2/t19-/m1/s1. The molecule has 0 spiro atoms. The molecule has 142 valence electrons. The van der Waals surface area contributed by atoms with Crippen LogP contribution in [-0.2, 0) is 13.1 Å². The van der Waals surface area contributed by atoms with Crippen LogP contribution in [0.3, 0.4) is 0 Å². The molecule has 2 aromatic heterocycles. The first-order chi connectivity index (χ1) is 13.3. The molecule has 1 aromatic carbocycles. The van der Waals surface area contributed by atoms with Crippen LogP contribution in [0.1, 0.15) is 16.9 Å². The lowest BCUT2D eigenvalue weighted by Gasteiger charge is -2.41. The van der Waals surface area contributed by atoms with Crippen LogP contribution in [-0.4, -0.2) is 47.2 Å². The Morgan fingerprint density at radius 2 is 1.96 bits per heavy atom. The second kappa shape index (κ2) is 8.85. The van der Waals surface area contributed by atoms with Crippen LogP contribution in [0.25, 0.3) is 11.3 Å². The first-order valence-corrected chi connectivity index (χ1v) is 10.4. The predicted octanol–water partition coefficient (Wildman–Crippen LogP) is 4.08. The van der Waals surface area contributed by atoms with Gasteiger partial charge in [0.05, 0.1) is 6.26 Å². The Bertz CT molecular complexity index is 817. The predicted molar refractivity (Wildman–Crippen MR) is 110 cm³/mol. The summed E-state index contributed by atoms with van der Waals surface area (Å²) in [6.45, 7) is 5.19. The molecule has 1 atom stereocenters. The summed E-state index contributed by atoms with van der Waals surface area (Å²) in [6.07, 6.45) is 2.55. The largest absolute Gasteiger partial charge is 0.464 e. The summed E-state index contributed by atoms with van der Waals surface area (Å²) < 4.78 is 5.63. The van der Waals surface area contributed by atoms with Crippen LogP contribution in [0.2, 0.25) is 0 Å². The number of nitrogens with zero attached hydrogens (tertiary/aromatic N) is 2. The highest BCUT2D eigenvalue weighted by molar-refractivity contribution is 7.09. The maximum atomic E-state index is 9.55. The quantitative estimate of drug-likeness (QED) is 0.668. The number of rotatable bonds is 7. The monoisotopic (exact) mass is 382 g/mol. The highest BCUT2D eigenvalue weighted by Crippen LogP contribution is 2.26. The average molecular weight is 383 g/mol. The number of aliphatic hydroxyl groups is 1. The number of furan rings is 1. The van der Waals surface area contributed by atoms with Gasteiger partial charge < -0.3 is 9.52 Å². The maximum Gasteiger partial charge on any atom is 0.134 e. The summed E-state index contributed by atoms with van der Waals surface area (Å²) in [4.78, 5) is 6.43. The normalized spacial score (nSPS) is 18.8. The van der Waals surface area contributed by atoms with E-state index in [1.54, 1.807) is 6.26 Å². The van der Waals surface area contributed by atoms with Gasteiger partial charge in [-0.1, -0.05) is 30.3 Å². The van der Waals surface area contributed by atoms with E-state index in [1.165, 1.54) is 16.0 Å². The van der Waals surface area contributed by atoms with Crippen molar-refractivity contribution >= 4 is 11.3 Å². The van der Waals surface area contributed by atoms with Crippen LogP contribution < -0.4 is 0 Å². The van der Waals surface area contributed by atoms with E-state index in [0.717, 1.165) is 44.9 Å².